The van der Waals surface area contributed by atoms with Crippen LogP contribution in [-0.4, -0.2) is 23.3 Å². The number of fused-ring (bicyclic) bond motifs is 3. The first kappa shape index (κ1) is 12.2. The highest BCUT2D eigenvalue weighted by molar-refractivity contribution is 7.98. The lowest BCUT2D eigenvalue weighted by molar-refractivity contribution is 0.700. The van der Waals surface area contributed by atoms with E-state index in [9.17, 15) is 0 Å². The summed E-state index contributed by atoms with van der Waals surface area (Å²) in [5.74, 6) is 6.80. The van der Waals surface area contributed by atoms with Crippen molar-refractivity contribution in [3.05, 3.63) is 10.4 Å². The van der Waals surface area contributed by atoms with Crippen molar-refractivity contribution in [1.29, 1.82) is 0 Å². The van der Waals surface area contributed by atoms with Crippen LogP contribution in [0.25, 0.3) is 10.2 Å². The number of aryl methyl sites for hydroxylation is 2. The smallest absolute Gasteiger partial charge is 0.190 e. The first-order valence-corrected chi connectivity index (χ1v) is 8.09. The normalized spacial score (nSPS) is 14.8. The van der Waals surface area contributed by atoms with Gasteiger partial charge in [-0.2, -0.15) is 0 Å². The van der Waals surface area contributed by atoms with Crippen molar-refractivity contribution in [1.82, 2.24) is 9.97 Å². The summed E-state index contributed by atoms with van der Waals surface area (Å²) in [6.45, 7) is 0. The Morgan fingerprint density at radius 1 is 1.28 bits per heavy atom. The Balaban J connectivity index is 2.31. The molecule has 0 amide bonds. The van der Waals surface area contributed by atoms with Crippen LogP contribution in [0, 0.1) is 0 Å². The van der Waals surface area contributed by atoms with Crippen LogP contribution in [-0.2, 0) is 12.8 Å². The standard InChI is InChI=1S/C12H16N4S2/c1-16(13)10-9-7-5-3-4-6-8(7)18-11(9)15-12(14-10)17-2/h3-6,13H2,1-2H3. The maximum absolute atomic E-state index is 5.93. The summed E-state index contributed by atoms with van der Waals surface area (Å²) in [6, 6.07) is 0. The quantitative estimate of drug-likeness (QED) is 0.396. The second kappa shape index (κ2) is 4.68. The molecular weight excluding hydrogens is 264 g/mol. The third-order valence-corrected chi connectivity index (χ3v) is 5.03. The fraction of sp³-hybridized carbons (Fsp3) is 0.500. The Labute approximate surface area is 115 Å². The molecule has 18 heavy (non-hydrogen) atoms. The first-order chi connectivity index (χ1) is 8.70. The molecule has 0 aromatic carbocycles. The van der Waals surface area contributed by atoms with Gasteiger partial charge in [0.25, 0.3) is 0 Å². The third-order valence-electron chi connectivity index (χ3n) is 3.29. The molecule has 0 saturated heterocycles. The van der Waals surface area contributed by atoms with Crippen molar-refractivity contribution in [3.63, 3.8) is 0 Å². The van der Waals surface area contributed by atoms with Gasteiger partial charge in [-0.05, 0) is 37.5 Å². The van der Waals surface area contributed by atoms with Gasteiger partial charge in [-0.25, -0.2) is 15.8 Å². The first-order valence-electron chi connectivity index (χ1n) is 6.05. The molecule has 3 rings (SSSR count). The van der Waals surface area contributed by atoms with E-state index in [1.807, 2.05) is 24.6 Å². The van der Waals surface area contributed by atoms with E-state index >= 15 is 0 Å². The number of anilines is 1. The fourth-order valence-corrected chi connectivity index (χ4v) is 4.14. The van der Waals surface area contributed by atoms with Crippen molar-refractivity contribution in [3.8, 4) is 0 Å². The zero-order valence-corrected chi connectivity index (χ0v) is 12.2. The number of thioether (sulfide) groups is 1. The summed E-state index contributed by atoms with van der Waals surface area (Å²) in [4.78, 5) is 11.8. The van der Waals surface area contributed by atoms with Crippen molar-refractivity contribution >= 4 is 39.1 Å². The van der Waals surface area contributed by atoms with E-state index in [-0.39, 0.29) is 0 Å². The van der Waals surface area contributed by atoms with Crippen molar-refractivity contribution < 1.29 is 0 Å². The average molecular weight is 280 g/mol. The maximum Gasteiger partial charge on any atom is 0.190 e. The molecule has 2 aromatic rings. The number of rotatable bonds is 2. The zero-order chi connectivity index (χ0) is 12.7. The summed E-state index contributed by atoms with van der Waals surface area (Å²) in [5, 5.41) is 3.59. The Kier molecular flexibility index (Phi) is 3.17. The summed E-state index contributed by atoms with van der Waals surface area (Å²) >= 11 is 3.38. The molecule has 4 nitrogen and oxygen atoms in total. The molecule has 0 spiro atoms. The molecule has 0 atom stereocenters. The van der Waals surface area contributed by atoms with E-state index in [1.165, 1.54) is 35.1 Å². The van der Waals surface area contributed by atoms with Gasteiger partial charge >= 0.3 is 0 Å². The predicted octanol–water partition coefficient (Wildman–Crippen LogP) is 2.60. The maximum atomic E-state index is 5.93. The SMILES string of the molecule is CSc1nc(N(C)N)c2c3c(sc2n1)CCCC3. The van der Waals surface area contributed by atoms with Gasteiger partial charge in [-0.15, -0.1) is 11.3 Å². The minimum absolute atomic E-state index is 0.799. The van der Waals surface area contributed by atoms with Crippen molar-refractivity contribution in [2.24, 2.45) is 5.84 Å². The van der Waals surface area contributed by atoms with Gasteiger partial charge in [0, 0.05) is 11.9 Å². The van der Waals surface area contributed by atoms with E-state index < -0.39 is 0 Å². The molecule has 2 aromatic heterocycles. The summed E-state index contributed by atoms with van der Waals surface area (Å²) < 4.78 is 0. The van der Waals surface area contributed by atoms with E-state index in [1.54, 1.807) is 16.8 Å². The Morgan fingerprint density at radius 2 is 2.06 bits per heavy atom. The third kappa shape index (κ3) is 1.88. The van der Waals surface area contributed by atoms with E-state index in [4.69, 9.17) is 5.84 Å². The molecule has 2 heterocycles. The van der Waals surface area contributed by atoms with Gasteiger partial charge in [-0.3, -0.25) is 5.01 Å². The second-order valence-corrected chi connectivity index (χ2v) is 6.39. The lowest BCUT2D eigenvalue weighted by Gasteiger charge is -2.15. The zero-order valence-electron chi connectivity index (χ0n) is 10.6. The Hall–Kier alpha value is -0.850. The van der Waals surface area contributed by atoms with Crippen LogP contribution in [0.1, 0.15) is 23.3 Å². The van der Waals surface area contributed by atoms with Gasteiger partial charge in [-0.1, -0.05) is 11.8 Å². The van der Waals surface area contributed by atoms with Gasteiger partial charge in [0.1, 0.15) is 4.83 Å². The van der Waals surface area contributed by atoms with Crippen molar-refractivity contribution in [2.75, 3.05) is 18.3 Å². The number of thiophene rings is 1. The van der Waals surface area contributed by atoms with E-state index in [0.29, 0.717) is 0 Å². The molecule has 2 N–H and O–H groups in total. The fourth-order valence-electron chi connectivity index (χ4n) is 2.47. The Morgan fingerprint density at radius 3 is 2.78 bits per heavy atom. The monoisotopic (exact) mass is 280 g/mol. The number of hydrogen-bond acceptors (Lipinski definition) is 6. The molecule has 1 aliphatic rings. The number of aromatic nitrogens is 2. The molecule has 0 unspecified atom stereocenters. The highest BCUT2D eigenvalue weighted by Crippen LogP contribution is 2.39. The van der Waals surface area contributed by atoms with Crippen LogP contribution in [0.5, 0.6) is 0 Å². The number of nitrogens with zero attached hydrogens (tertiary/aromatic N) is 3. The molecule has 0 saturated carbocycles. The second-order valence-electron chi connectivity index (χ2n) is 4.54. The van der Waals surface area contributed by atoms with E-state index in [2.05, 4.69) is 9.97 Å². The number of hydrazine groups is 1. The predicted molar refractivity (Wildman–Crippen MR) is 78.4 cm³/mol. The molecular formula is C12H16N4S2. The average Bonchev–Trinajstić information content (AvgIpc) is 2.75. The summed E-state index contributed by atoms with van der Waals surface area (Å²) in [6.07, 6.45) is 6.86. The van der Waals surface area contributed by atoms with Gasteiger partial charge in [0.15, 0.2) is 11.0 Å². The van der Waals surface area contributed by atoms with Crippen LogP contribution < -0.4 is 10.9 Å². The van der Waals surface area contributed by atoms with Gasteiger partial charge < -0.3 is 0 Å². The van der Waals surface area contributed by atoms with Crippen LogP contribution in [0.2, 0.25) is 0 Å². The minimum Gasteiger partial charge on any atom is -0.297 e. The molecule has 0 radical (unpaired) electrons. The molecule has 0 fully saturated rings. The van der Waals surface area contributed by atoms with Crippen LogP contribution in [0.4, 0.5) is 5.82 Å². The van der Waals surface area contributed by atoms with Crippen molar-refractivity contribution in [2.45, 2.75) is 30.8 Å². The van der Waals surface area contributed by atoms with Gasteiger partial charge in [0.2, 0.25) is 0 Å². The molecule has 0 aliphatic heterocycles. The highest BCUT2D eigenvalue weighted by Gasteiger charge is 2.21. The summed E-state index contributed by atoms with van der Waals surface area (Å²) in [5.41, 5.74) is 1.43. The van der Waals surface area contributed by atoms with E-state index in [0.717, 1.165) is 22.2 Å². The molecule has 0 bridgehead atoms. The molecule has 6 heteroatoms. The van der Waals surface area contributed by atoms with Crippen LogP contribution in [0.3, 0.4) is 0 Å². The lowest BCUT2D eigenvalue weighted by Crippen LogP contribution is -2.26. The number of hydrogen-bond donors (Lipinski definition) is 1. The van der Waals surface area contributed by atoms with Gasteiger partial charge in [0.05, 0.1) is 5.39 Å². The van der Waals surface area contributed by atoms with Crippen LogP contribution >= 0.6 is 23.1 Å². The molecule has 96 valence electrons. The molecule has 1 aliphatic carbocycles. The topological polar surface area (TPSA) is 55.0 Å². The highest BCUT2D eigenvalue weighted by atomic mass is 32.2. The number of nitrogens with two attached hydrogens (primary N) is 1. The summed E-state index contributed by atoms with van der Waals surface area (Å²) in [7, 11) is 1.85. The largest absolute Gasteiger partial charge is 0.297 e. The van der Waals surface area contributed by atoms with Crippen LogP contribution in [0.15, 0.2) is 5.16 Å². The minimum atomic E-state index is 0.799. The Bertz CT molecular complexity index is 591. The lowest BCUT2D eigenvalue weighted by atomic mass is 9.97.